The lowest BCUT2D eigenvalue weighted by Crippen LogP contribution is -2.40. The second-order valence-corrected chi connectivity index (χ2v) is 5.19. The minimum Gasteiger partial charge on any atom is -0.317 e. The third kappa shape index (κ3) is 3.32. The van der Waals surface area contributed by atoms with Crippen LogP contribution in [0.1, 0.15) is 25.8 Å². The minimum absolute atomic E-state index is 0.141. The summed E-state index contributed by atoms with van der Waals surface area (Å²) in [6.45, 7) is 6.69. The number of amides is 1. The lowest BCUT2D eigenvalue weighted by atomic mass is 9.99. The number of halogens is 1. The highest BCUT2D eigenvalue weighted by molar-refractivity contribution is 5.96. The first kappa shape index (κ1) is 14.0. The summed E-state index contributed by atoms with van der Waals surface area (Å²) in [5.74, 6) is 0.288. The smallest absolute Gasteiger partial charge is 0.227 e. The summed E-state index contributed by atoms with van der Waals surface area (Å²) in [6.07, 6.45) is 1.12. The molecule has 1 aromatic carbocycles. The molecule has 104 valence electrons. The zero-order valence-corrected chi connectivity index (χ0v) is 11.6. The number of hydrogen-bond donors (Lipinski definition) is 1. The second-order valence-electron chi connectivity index (χ2n) is 5.19. The number of nitrogens with one attached hydrogen (secondary N) is 1. The van der Waals surface area contributed by atoms with E-state index in [9.17, 15) is 9.18 Å². The van der Waals surface area contributed by atoms with Crippen molar-refractivity contribution >= 4 is 11.6 Å². The maximum atomic E-state index is 13.2. The number of aryl methyl sites for hydroxylation is 1. The summed E-state index contributed by atoms with van der Waals surface area (Å²) < 4.78 is 13.2. The average Bonchev–Trinajstić information content (AvgIpc) is 2.39. The normalized spacial score (nSPS) is 16.4. The van der Waals surface area contributed by atoms with Gasteiger partial charge in [0.1, 0.15) is 5.82 Å². The molecule has 1 aromatic rings. The van der Waals surface area contributed by atoms with E-state index in [4.69, 9.17) is 0 Å². The van der Waals surface area contributed by atoms with Crippen molar-refractivity contribution in [1.82, 2.24) is 5.32 Å². The molecule has 19 heavy (non-hydrogen) atoms. The first-order valence-corrected chi connectivity index (χ1v) is 6.91. The topological polar surface area (TPSA) is 32.3 Å². The standard InChI is InChI=1S/C15H21FN2O/c1-3-17-9-11(2)10-18-14-6-5-13(16)8-12(14)4-7-15(18)19/h5-6,8,11,17H,3-4,7,9-10H2,1-2H3. The molecule has 1 unspecified atom stereocenters. The van der Waals surface area contributed by atoms with Gasteiger partial charge in [-0.1, -0.05) is 13.8 Å². The summed E-state index contributed by atoms with van der Waals surface area (Å²) >= 11 is 0. The fourth-order valence-electron chi connectivity index (χ4n) is 2.50. The number of carbonyl (C=O) groups excluding carboxylic acids is 1. The molecule has 1 aliphatic heterocycles. The summed E-state index contributed by atoms with van der Waals surface area (Å²) in [4.78, 5) is 13.9. The van der Waals surface area contributed by atoms with Crippen LogP contribution in [-0.2, 0) is 11.2 Å². The highest BCUT2D eigenvalue weighted by atomic mass is 19.1. The molecule has 1 aliphatic rings. The largest absolute Gasteiger partial charge is 0.317 e. The van der Waals surface area contributed by atoms with Crippen LogP contribution in [0, 0.1) is 11.7 Å². The number of hydrogen-bond acceptors (Lipinski definition) is 2. The van der Waals surface area contributed by atoms with E-state index in [1.54, 1.807) is 17.0 Å². The van der Waals surface area contributed by atoms with Crippen molar-refractivity contribution in [3.8, 4) is 0 Å². The molecular weight excluding hydrogens is 243 g/mol. The van der Waals surface area contributed by atoms with Crippen molar-refractivity contribution in [2.45, 2.75) is 26.7 Å². The Morgan fingerprint density at radius 1 is 1.42 bits per heavy atom. The van der Waals surface area contributed by atoms with Gasteiger partial charge in [0.15, 0.2) is 0 Å². The summed E-state index contributed by atoms with van der Waals surface area (Å²) in [5, 5.41) is 3.29. The highest BCUT2D eigenvalue weighted by Crippen LogP contribution is 2.29. The van der Waals surface area contributed by atoms with Crippen molar-refractivity contribution in [1.29, 1.82) is 0 Å². The van der Waals surface area contributed by atoms with E-state index in [-0.39, 0.29) is 11.7 Å². The van der Waals surface area contributed by atoms with Gasteiger partial charge in [-0.25, -0.2) is 4.39 Å². The van der Waals surface area contributed by atoms with Gasteiger partial charge in [-0.2, -0.15) is 0 Å². The van der Waals surface area contributed by atoms with Crippen LogP contribution in [0.3, 0.4) is 0 Å². The Hall–Kier alpha value is -1.42. The molecule has 0 saturated heterocycles. The quantitative estimate of drug-likeness (QED) is 0.885. The maximum absolute atomic E-state index is 13.2. The van der Waals surface area contributed by atoms with Gasteiger partial charge in [-0.15, -0.1) is 0 Å². The predicted octanol–water partition coefficient (Wildman–Crippen LogP) is 2.35. The molecule has 4 heteroatoms. The van der Waals surface area contributed by atoms with Crippen LogP contribution in [-0.4, -0.2) is 25.5 Å². The number of benzene rings is 1. The van der Waals surface area contributed by atoms with E-state index in [0.29, 0.717) is 25.3 Å². The Morgan fingerprint density at radius 3 is 2.95 bits per heavy atom. The van der Waals surface area contributed by atoms with Gasteiger partial charge in [-0.05, 0) is 49.2 Å². The first-order valence-electron chi connectivity index (χ1n) is 6.91. The third-order valence-corrected chi connectivity index (χ3v) is 3.48. The van der Waals surface area contributed by atoms with Gasteiger partial charge >= 0.3 is 0 Å². The zero-order chi connectivity index (χ0) is 13.8. The van der Waals surface area contributed by atoms with Gasteiger partial charge in [-0.3, -0.25) is 4.79 Å². The molecule has 0 bridgehead atoms. The van der Waals surface area contributed by atoms with Crippen LogP contribution >= 0.6 is 0 Å². The maximum Gasteiger partial charge on any atom is 0.227 e. The van der Waals surface area contributed by atoms with E-state index in [2.05, 4.69) is 19.2 Å². The number of anilines is 1. The van der Waals surface area contributed by atoms with E-state index in [1.807, 2.05) is 0 Å². The Kier molecular flexibility index (Phi) is 4.53. The fraction of sp³-hybridized carbons (Fsp3) is 0.533. The van der Waals surface area contributed by atoms with Crippen LogP contribution in [0.25, 0.3) is 0 Å². The van der Waals surface area contributed by atoms with Gasteiger partial charge in [0.2, 0.25) is 5.91 Å². The molecule has 2 rings (SSSR count). The SMILES string of the molecule is CCNCC(C)CN1C(=O)CCc2cc(F)ccc21. The van der Waals surface area contributed by atoms with Gasteiger partial charge in [0, 0.05) is 18.7 Å². The summed E-state index contributed by atoms with van der Waals surface area (Å²) in [5.41, 5.74) is 1.82. The Morgan fingerprint density at radius 2 is 2.21 bits per heavy atom. The molecule has 0 fully saturated rings. The molecular formula is C15H21FN2O. The zero-order valence-electron chi connectivity index (χ0n) is 11.6. The molecule has 1 atom stereocenters. The van der Waals surface area contributed by atoms with Crippen molar-refractivity contribution in [2.75, 3.05) is 24.5 Å². The van der Waals surface area contributed by atoms with Crippen LogP contribution in [0.2, 0.25) is 0 Å². The predicted molar refractivity (Wildman–Crippen MR) is 74.8 cm³/mol. The van der Waals surface area contributed by atoms with Crippen molar-refractivity contribution in [2.24, 2.45) is 5.92 Å². The lowest BCUT2D eigenvalue weighted by molar-refractivity contribution is -0.119. The third-order valence-electron chi connectivity index (χ3n) is 3.48. The van der Waals surface area contributed by atoms with Crippen molar-refractivity contribution < 1.29 is 9.18 Å². The molecule has 0 saturated carbocycles. The van der Waals surface area contributed by atoms with Crippen LogP contribution in [0.15, 0.2) is 18.2 Å². The van der Waals surface area contributed by atoms with E-state index in [1.165, 1.54) is 6.07 Å². The van der Waals surface area contributed by atoms with Crippen LogP contribution < -0.4 is 10.2 Å². The van der Waals surface area contributed by atoms with Crippen molar-refractivity contribution in [3.63, 3.8) is 0 Å². The number of fused-ring (bicyclic) bond motifs is 1. The summed E-state index contributed by atoms with van der Waals surface area (Å²) in [6, 6.07) is 4.70. The van der Waals surface area contributed by atoms with E-state index < -0.39 is 0 Å². The average molecular weight is 264 g/mol. The van der Waals surface area contributed by atoms with Gasteiger partial charge in [0.05, 0.1) is 0 Å². The number of nitrogens with zero attached hydrogens (tertiary/aromatic N) is 1. The molecule has 0 aliphatic carbocycles. The Balaban J connectivity index is 2.14. The number of rotatable bonds is 5. The lowest BCUT2D eigenvalue weighted by Gasteiger charge is -2.31. The molecule has 0 spiro atoms. The van der Waals surface area contributed by atoms with Crippen LogP contribution in [0.5, 0.6) is 0 Å². The highest BCUT2D eigenvalue weighted by Gasteiger charge is 2.25. The van der Waals surface area contributed by atoms with Crippen LogP contribution in [0.4, 0.5) is 10.1 Å². The van der Waals surface area contributed by atoms with Gasteiger partial charge < -0.3 is 10.2 Å². The molecule has 1 N–H and O–H groups in total. The second kappa shape index (κ2) is 6.15. The Labute approximate surface area is 113 Å². The molecule has 1 amide bonds. The van der Waals surface area contributed by atoms with E-state index in [0.717, 1.165) is 24.3 Å². The first-order chi connectivity index (χ1) is 9.11. The monoisotopic (exact) mass is 264 g/mol. The molecule has 0 aromatic heterocycles. The molecule has 1 heterocycles. The summed E-state index contributed by atoms with van der Waals surface area (Å²) in [7, 11) is 0. The minimum atomic E-state index is -0.228. The molecule has 3 nitrogen and oxygen atoms in total. The fourth-order valence-corrected chi connectivity index (χ4v) is 2.50. The van der Waals surface area contributed by atoms with E-state index >= 15 is 0 Å². The Bertz CT molecular complexity index is 461. The molecule has 0 radical (unpaired) electrons. The van der Waals surface area contributed by atoms with Crippen molar-refractivity contribution in [3.05, 3.63) is 29.6 Å². The number of carbonyl (C=O) groups is 1. The van der Waals surface area contributed by atoms with Gasteiger partial charge in [0.25, 0.3) is 0 Å².